The van der Waals surface area contributed by atoms with E-state index in [1.807, 2.05) is 0 Å². The smallest absolute Gasteiger partial charge is 0.322 e. The molecule has 5 rings (SSSR count). The fraction of sp³-hybridized carbons (Fsp3) is 0.423. The number of hydrogen-bond acceptors (Lipinski definition) is 18. The highest BCUT2D eigenvalue weighted by molar-refractivity contribution is 7.98. The number of carboxylic acids is 2. The minimum absolute atomic E-state index is 0.00612. The second-order valence-corrected chi connectivity index (χ2v) is 26.5. The number of aromatic hydroxyl groups is 1. The van der Waals surface area contributed by atoms with Gasteiger partial charge in [0.1, 0.15) is 66.7 Å². The fourth-order valence-electron chi connectivity index (χ4n) is 11.0. The van der Waals surface area contributed by atoms with Crippen LogP contribution in [-0.4, -0.2) is 208 Å². The van der Waals surface area contributed by atoms with Crippen molar-refractivity contribution in [3.05, 3.63) is 138 Å². The van der Waals surface area contributed by atoms with Gasteiger partial charge < -0.3 is 107 Å². The van der Waals surface area contributed by atoms with Crippen molar-refractivity contribution in [1.29, 1.82) is 10.8 Å². The van der Waals surface area contributed by atoms with Gasteiger partial charge >= 0.3 is 11.9 Å². The molecule has 0 unspecified atom stereocenters. The molecule has 11 amide bonds. The Morgan fingerprint density at radius 2 is 0.897 bits per heavy atom. The zero-order valence-corrected chi connectivity index (χ0v) is 60.5. The number of carboxylic acid groups (broad SMARTS) is 2. The highest BCUT2D eigenvalue weighted by atomic mass is 32.2. The summed E-state index contributed by atoms with van der Waals surface area (Å²) in [5, 5.41) is 78.2. The lowest BCUT2D eigenvalue weighted by molar-refractivity contribution is -0.141. The molecule has 578 valence electrons. The highest BCUT2D eigenvalue weighted by Crippen LogP contribution is 2.21. The number of aromatic amines is 1. The summed E-state index contributed by atoms with van der Waals surface area (Å²) in [6.45, 7) is 3.17. The number of nitrogens with one attached hydrogen (secondary N) is 16. The number of hydrogen-bond donors (Lipinski definition) is 22. The number of carbonyl (C=O) groups excluding carboxylic acids is 11. The van der Waals surface area contributed by atoms with Gasteiger partial charge in [-0.15, -0.1) is 0 Å². The summed E-state index contributed by atoms with van der Waals surface area (Å²) in [5.74, 6) is -13.9. The number of amides is 11. The molecule has 0 radical (unpaired) electrons. The third kappa shape index (κ3) is 30.4. The summed E-state index contributed by atoms with van der Waals surface area (Å²) in [5.41, 5.74) is 20.0. The van der Waals surface area contributed by atoms with Crippen LogP contribution in [0.25, 0.3) is 10.9 Å². The number of H-pyrrole nitrogens is 1. The van der Waals surface area contributed by atoms with Gasteiger partial charge in [-0.1, -0.05) is 105 Å². The van der Waals surface area contributed by atoms with Crippen LogP contribution in [-0.2, 0) is 88.0 Å². The first-order chi connectivity index (χ1) is 50.9. The number of nitrogens with two attached hydrogens (primary N) is 3. The van der Waals surface area contributed by atoms with Gasteiger partial charge in [0, 0.05) is 49.5 Å². The summed E-state index contributed by atoms with van der Waals surface area (Å²) in [7, 11) is 0. The van der Waals surface area contributed by atoms with Gasteiger partial charge in [0.2, 0.25) is 65.0 Å². The molecule has 0 aliphatic rings. The third-order valence-electron chi connectivity index (χ3n) is 16.6. The molecule has 0 spiro atoms. The van der Waals surface area contributed by atoms with Crippen molar-refractivity contribution in [2.24, 2.45) is 23.1 Å². The average molecular weight is 1500 g/mol. The molecular weight excluding hydrogens is 1410 g/mol. The number of fused-ring (bicyclic) bond motifs is 1. The molecule has 1 aromatic heterocycles. The predicted molar refractivity (Wildman–Crippen MR) is 397 cm³/mol. The van der Waals surface area contributed by atoms with E-state index in [1.165, 1.54) is 30.8 Å². The van der Waals surface area contributed by atoms with Crippen molar-refractivity contribution in [3.63, 3.8) is 0 Å². The number of aliphatic carboxylic acids is 2. The molecule has 0 aliphatic carbocycles. The van der Waals surface area contributed by atoms with Gasteiger partial charge in [-0.25, -0.2) is 0 Å². The molecule has 1 heterocycles. The van der Waals surface area contributed by atoms with Crippen LogP contribution < -0.4 is 86.3 Å². The maximum atomic E-state index is 15.0. The Labute approximate surface area is 621 Å². The minimum Gasteiger partial charge on any atom is -0.508 e. The first-order valence-electron chi connectivity index (χ1n) is 34.4. The summed E-state index contributed by atoms with van der Waals surface area (Å²) in [6, 6.07) is 15.2. The molecule has 35 nitrogen and oxygen atoms in total. The van der Waals surface area contributed by atoms with Crippen molar-refractivity contribution in [2.75, 3.05) is 38.2 Å². The number of guanidine groups is 2. The van der Waals surface area contributed by atoms with E-state index < -0.39 is 175 Å². The minimum atomic E-state index is -1.99. The van der Waals surface area contributed by atoms with Gasteiger partial charge in [0.05, 0.1) is 19.0 Å². The van der Waals surface area contributed by atoms with E-state index >= 15 is 0 Å². The summed E-state index contributed by atoms with van der Waals surface area (Å²) >= 11 is 1.38. The fourth-order valence-corrected chi connectivity index (χ4v) is 11.4. The van der Waals surface area contributed by atoms with E-state index in [9.17, 15) is 77.6 Å². The number of thioether (sulfide) groups is 1. The van der Waals surface area contributed by atoms with E-state index in [0.29, 0.717) is 38.9 Å². The normalized spacial score (nSPS) is 13.8. The van der Waals surface area contributed by atoms with Crippen LogP contribution in [0.1, 0.15) is 81.5 Å². The standard InChI is InChI=1S/C71H97N19O16S/c1-39(2)59(90-61(98)47(72)31-43-23-25-45(91)26-24-43)69(106)85-51(27-30-107-4)62(99)80-37-56(92)82-40(3)60(97)86-53(33-42-17-9-6-10-18-42)66(103)83-50(22-14-29-78-71(75)76)65(102)88-54(34-44-36-79-48-20-12-11-19-46(44)48)67(104)89-55(35-57(93)94)68(105)84-49(21-13-28-77-70(73)74)64(101)87-52(63(100)81-38-58(95)96)32-41-15-7-5-8-16-41/h5-12,15-20,23-26,36,39-40,47,49-55,59,79,91H,13-14,21-22,27-35,37-38,72H2,1-4H3,(H,80,99)(H,81,100)(H,82,92)(H,83,103)(H,84,105)(H,85,106)(H,86,97)(H,87,101)(H,88,102)(H,89,104)(H,90,98)(H,93,94)(H,95,96)(H4,73,74,77)(H4,75,76,78)/t40-,47-,49-,50-,51-,52-,53-,54-,55-,59-/m0/s1. The van der Waals surface area contributed by atoms with Gasteiger partial charge in [-0.2, -0.15) is 11.8 Å². The lowest BCUT2D eigenvalue weighted by Gasteiger charge is -2.28. The average Bonchev–Trinajstić information content (AvgIpc) is 1.71. The van der Waals surface area contributed by atoms with Crippen LogP contribution in [0.5, 0.6) is 5.75 Å². The van der Waals surface area contributed by atoms with E-state index in [0.717, 1.165) is 0 Å². The number of rotatable bonds is 45. The first kappa shape index (κ1) is 85.8. The number of phenolic OH excluding ortho intramolecular Hbond substituents is 1. The van der Waals surface area contributed by atoms with Crippen LogP contribution in [0.4, 0.5) is 0 Å². The van der Waals surface area contributed by atoms with Crippen molar-refractivity contribution in [1.82, 2.24) is 74.1 Å². The number of phenols is 1. The quantitative estimate of drug-likeness (QED) is 0.0110. The van der Waals surface area contributed by atoms with Crippen molar-refractivity contribution < 1.29 is 77.6 Å². The van der Waals surface area contributed by atoms with Crippen LogP contribution in [0.15, 0.2) is 115 Å². The van der Waals surface area contributed by atoms with E-state index in [-0.39, 0.29) is 76.6 Å². The second-order valence-electron chi connectivity index (χ2n) is 25.5. The molecular formula is C71H97N19O16S. The lowest BCUT2D eigenvalue weighted by Crippen LogP contribution is -2.61. The lowest BCUT2D eigenvalue weighted by atomic mass is 10.0. The van der Waals surface area contributed by atoms with E-state index in [4.69, 9.17) is 28.0 Å². The monoisotopic (exact) mass is 1500 g/mol. The molecule has 36 heteroatoms. The Kier molecular flexibility index (Phi) is 35.4. The van der Waals surface area contributed by atoms with E-state index in [2.05, 4.69) is 74.1 Å². The largest absolute Gasteiger partial charge is 0.508 e. The molecule has 0 bridgehead atoms. The third-order valence-corrected chi connectivity index (χ3v) is 17.3. The number of benzene rings is 4. The van der Waals surface area contributed by atoms with Crippen molar-refractivity contribution >= 4 is 112 Å². The molecule has 107 heavy (non-hydrogen) atoms. The van der Waals surface area contributed by atoms with Crippen LogP contribution in [0, 0.1) is 16.7 Å². The second kappa shape index (κ2) is 44.1. The van der Waals surface area contributed by atoms with Gasteiger partial charge in [0.25, 0.3) is 0 Å². The predicted octanol–water partition coefficient (Wildman–Crippen LogP) is -2.42. The molecule has 5 aromatic rings. The maximum absolute atomic E-state index is 15.0. The molecule has 0 aliphatic heterocycles. The SMILES string of the molecule is CSCC[C@H](NC(=O)[C@@H](NC(=O)[C@@H](N)Cc1ccc(O)cc1)C(C)C)C(=O)NCC(=O)N[C@@H](C)C(=O)N[C@@H](Cc1ccccc1)C(=O)N[C@@H](CCCNC(=N)N)C(=O)N[C@@H](Cc1c[nH]c2ccccc12)C(=O)N[C@@H](CC(=O)O)C(=O)N[C@@H](CCCNC(=N)N)C(=O)N[C@@H](Cc1ccccc1)C(=O)NCC(=O)O. The zero-order chi connectivity index (χ0) is 78.7. The summed E-state index contributed by atoms with van der Waals surface area (Å²) in [6.07, 6.45) is 1.37. The number of carbonyl (C=O) groups is 13. The van der Waals surface area contributed by atoms with Gasteiger partial charge in [0.15, 0.2) is 11.9 Å². The Bertz CT molecular complexity index is 3890. The van der Waals surface area contributed by atoms with Crippen molar-refractivity contribution in [2.45, 2.75) is 145 Å². The van der Waals surface area contributed by atoms with Crippen LogP contribution >= 0.6 is 11.8 Å². The molecule has 10 atom stereocenters. The Morgan fingerprint density at radius 1 is 0.458 bits per heavy atom. The Morgan fingerprint density at radius 3 is 1.42 bits per heavy atom. The molecule has 25 N–H and O–H groups in total. The van der Waals surface area contributed by atoms with Crippen LogP contribution in [0.3, 0.4) is 0 Å². The maximum Gasteiger partial charge on any atom is 0.322 e. The first-order valence-corrected chi connectivity index (χ1v) is 35.8. The summed E-state index contributed by atoms with van der Waals surface area (Å²) in [4.78, 5) is 182. The molecule has 4 aromatic carbocycles. The molecule has 0 saturated heterocycles. The number of para-hydroxylation sites is 1. The molecule has 0 saturated carbocycles. The van der Waals surface area contributed by atoms with Gasteiger partial charge in [-0.05, 0) is 104 Å². The highest BCUT2D eigenvalue weighted by Gasteiger charge is 2.37. The van der Waals surface area contributed by atoms with Crippen LogP contribution in [0.2, 0.25) is 0 Å². The van der Waals surface area contributed by atoms with Crippen molar-refractivity contribution in [3.8, 4) is 5.75 Å². The Balaban J connectivity index is 1.37. The topological polar surface area (TPSA) is 581 Å². The van der Waals surface area contributed by atoms with E-state index in [1.54, 1.807) is 123 Å². The summed E-state index contributed by atoms with van der Waals surface area (Å²) < 4.78 is 0. The number of aromatic nitrogens is 1. The zero-order valence-electron chi connectivity index (χ0n) is 59.7. The Hall–Kier alpha value is -11.8. The van der Waals surface area contributed by atoms with Gasteiger partial charge in [-0.3, -0.25) is 73.1 Å². The molecule has 0 fully saturated rings.